The van der Waals surface area contributed by atoms with Crippen LogP contribution in [0.2, 0.25) is 0 Å². The fraction of sp³-hybridized carbons (Fsp3) is 0.320. The molecule has 0 spiro atoms. The normalized spacial score (nSPS) is 24.1. The SMILES string of the molecule is Cc1ccc2c(NC3C(C(=O)O)C4CCN3CC4)nc(-c3c[nH]c4c(F)cc(F)cc34)nc2c1. The van der Waals surface area contributed by atoms with Gasteiger partial charge in [-0.1, -0.05) is 6.07 Å². The van der Waals surface area contributed by atoms with Gasteiger partial charge in [0.1, 0.15) is 17.5 Å². The van der Waals surface area contributed by atoms with Crippen molar-refractivity contribution in [1.29, 1.82) is 0 Å². The third kappa shape index (κ3) is 3.30. The minimum atomic E-state index is -0.816. The van der Waals surface area contributed by atoms with E-state index in [0.717, 1.165) is 42.9 Å². The lowest BCUT2D eigenvalue weighted by atomic mass is 9.76. The molecule has 3 saturated heterocycles. The summed E-state index contributed by atoms with van der Waals surface area (Å²) in [6, 6.07) is 7.88. The molecule has 7 rings (SSSR count). The molecular formula is C25H23F2N5O2. The predicted octanol–water partition coefficient (Wildman–Crippen LogP) is 4.53. The van der Waals surface area contributed by atoms with E-state index in [1.807, 2.05) is 25.1 Å². The summed E-state index contributed by atoms with van der Waals surface area (Å²) in [7, 11) is 0. The minimum Gasteiger partial charge on any atom is -0.481 e. The van der Waals surface area contributed by atoms with Crippen LogP contribution in [0.4, 0.5) is 14.6 Å². The molecule has 0 saturated carbocycles. The van der Waals surface area contributed by atoms with Crippen LogP contribution in [0.1, 0.15) is 18.4 Å². The van der Waals surface area contributed by atoms with Crippen molar-refractivity contribution in [2.75, 3.05) is 18.4 Å². The van der Waals surface area contributed by atoms with Crippen LogP contribution in [0, 0.1) is 30.4 Å². The van der Waals surface area contributed by atoms with Gasteiger partial charge in [-0.05, 0) is 49.4 Å². The van der Waals surface area contributed by atoms with Gasteiger partial charge < -0.3 is 15.4 Å². The molecule has 3 fully saturated rings. The van der Waals surface area contributed by atoms with Crippen molar-refractivity contribution in [3.63, 3.8) is 0 Å². The molecule has 2 atom stereocenters. The number of hydrogen-bond acceptors (Lipinski definition) is 5. The average molecular weight is 463 g/mol. The molecule has 4 aromatic rings. The molecule has 2 unspecified atom stereocenters. The number of fused-ring (bicyclic) bond motifs is 5. The van der Waals surface area contributed by atoms with Crippen LogP contribution in [0.3, 0.4) is 0 Å². The number of aryl methyl sites for hydroxylation is 1. The third-order valence-electron chi connectivity index (χ3n) is 7.18. The molecule has 7 nitrogen and oxygen atoms in total. The molecule has 3 aliphatic rings. The van der Waals surface area contributed by atoms with Crippen LogP contribution in [0.15, 0.2) is 36.5 Å². The number of aromatic nitrogens is 3. The Hall–Kier alpha value is -3.59. The van der Waals surface area contributed by atoms with Crippen molar-refractivity contribution in [2.24, 2.45) is 11.8 Å². The van der Waals surface area contributed by atoms with E-state index < -0.39 is 29.7 Å². The van der Waals surface area contributed by atoms with Gasteiger partial charge in [0.25, 0.3) is 0 Å². The summed E-state index contributed by atoms with van der Waals surface area (Å²) >= 11 is 0. The van der Waals surface area contributed by atoms with Gasteiger partial charge in [0.2, 0.25) is 0 Å². The van der Waals surface area contributed by atoms with Crippen molar-refractivity contribution in [3.05, 3.63) is 53.7 Å². The summed E-state index contributed by atoms with van der Waals surface area (Å²) in [6.07, 6.45) is 2.92. The first-order valence-corrected chi connectivity index (χ1v) is 11.4. The first kappa shape index (κ1) is 21.0. The number of benzene rings is 2. The molecule has 34 heavy (non-hydrogen) atoms. The van der Waals surface area contributed by atoms with E-state index in [4.69, 9.17) is 9.97 Å². The zero-order valence-electron chi connectivity index (χ0n) is 18.5. The largest absolute Gasteiger partial charge is 0.481 e. The van der Waals surface area contributed by atoms with Crippen molar-refractivity contribution >= 4 is 33.6 Å². The lowest BCUT2D eigenvalue weighted by molar-refractivity contribution is -0.151. The van der Waals surface area contributed by atoms with Gasteiger partial charge >= 0.3 is 5.97 Å². The van der Waals surface area contributed by atoms with Crippen LogP contribution in [0.5, 0.6) is 0 Å². The summed E-state index contributed by atoms with van der Waals surface area (Å²) in [5.41, 5.74) is 2.32. The Morgan fingerprint density at radius 2 is 1.94 bits per heavy atom. The van der Waals surface area contributed by atoms with Gasteiger partial charge in [0.05, 0.1) is 23.1 Å². The summed E-state index contributed by atoms with van der Waals surface area (Å²) in [6.45, 7) is 3.63. The predicted molar refractivity (Wildman–Crippen MR) is 124 cm³/mol. The van der Waals surface area contributed by atoms with E-state index >= 15 is 0 Å². The molecule has 2 bridgehead atoms. The van der Waals surface area contributed by atoms with Crippen molar-refractivity contribution in [1.82, 2.24) is 19.9 Å². The fourth-order valence-corrected chi connectivity index (χ4v) is 5.51. The summed E-state index contributed by atoms with van der Waals surface area (Å²) < 4.78 is 28.3. The molecule has 3 aliphatic heterocycles. The summed E-state index contributed by atoms with van der Waals surface area (Å²) in [4.78, 5) is 26.6. The van der Waals surface area contributed by atoms with Crippen LogP contribution >= 0.6 is 0 Å². The van der Waals surface area contributed by atoms with Crippen molar-refractivity contribution in [3.8, 4) is 11.4 Å². The zero-order valence-corrected chi connectivity index (χ0v) is 18.5. The average Bonchev–Trinajstić information content (AvgIpc) is 3.23. The molecule has 0 amide bonds. The van der Waals surface area contributed by atoms with Crippen LogP contribution in [-0.4, -0.2) is 50.2 Å². The number of hydrogen-bond donors (Lipinski definition) is 3. The minimum absolute atomic E-state index is 0.120. The highest BCUT2D eigenvalue weighted by Gasteiger charge is 2.46. The Morgan fingerprint density at radius 1 is 1.15 bits per heavy atom. The molecule has 0 radical (unpaired) electrons. The van der Waals surface area contributed by atoms with Crippen LogP contribution < -0.4 is 5.32 Å². The van der Waals surface area contributed by atoms with Gasteiger partial charge in [-0.15, -0.1) is 0 Å². The standard InChI is InChI=1S/C25H23F2N5O2/c1-12-2-3-15-19(8-12)29-23(17-11-28-21-16(17)9-14(26)10-18(21)27)30-22(15)31-24-20(25(33)34)13-4-6-32(24)7-5-13/h2-3,8-11,13,20,24,28H,4-7H2,1H3,(H,33,34)(H,29,30,31). The number of nitrogens with one attached hydrogen (secondary N) is 2. The highest BCUT2D eigenvalue weighted by molar-refractivity contribution is 5.97. The topological polar surface area (TPSA) is 94.1 Å². The monoisotopic (exact) mass is 463 g/mol. The van der Waals surface area contributed by atoms with Crippen LogP contribution in [0.25, 0.3) is 33.2 Å². The number of carbonyl (C=O) groups is 1. The summed E-state index contributed by atoms with van der Waals surface area (Å²) in [5.74, 6) is -1.80. The molecule has 174 valence electrons. The molecule has 2 aromatic heterocycles. The van der Waals surface area contributed by atoms with Gasteiger partial charge in [-0.2, -0.15) is 0 Å². The highest BCUT2D eigenvalue weighted by atomic mass is 19.1. The number of H-pyrrole nitrogens is 1. The number of halogens is 2. The maximum Gasteiger partial charge on any atom is 0.310 e. The van der Waals surface area contributed by atoms with Crippen LogP contribution in [-0.2, 0) is 4.79 Å². The third-order valence-corrected chi connectivity index (χ3v) is 7.18. The number of aromatic amines is 1. The van der Waals surface area contributed by atoms with E-state index in [1.165, 1.54) is 6.07 Å². The fourth-order valence-electron chi connectivity index (χ4n) is 5.51. The smallest absolute Gasteiger partial charge is 0.310 e. The van der Waals surface area contributed by atoms with E-state index in [9.17, 15) is 18.7 Å². The number of aliphatic carboxylic acids is 1. The van der Waals surface area contributed by atoms with Gasteiger partial charge in [0, 0.05) is 41.7 Å². The quantitative estimate of drug-likeness (QED) is 0.412. The van der Waals surface area contributed by atoms with E-state index in [0.29, 0.717) is 28.1 Å². The van der Waals surface area contributed by atoms with Gasteiger partial charge in [-0.3, -0.25) is 9.69 Å². The first-order chi connectivity index (χ1) is 16.4. The Balaban J connectivity index is 1.51. The number of anilines is 1. The Labute approximate surface area is 193 Å². The molecule has 2 aromatic carbocycles. The number of carboxylic acids is 1. The molecule has 9 heteroatoms. The van der Waals surface area contributed by atoms with Crippen molar-refractivity contribution in [2.45, 2.75) is 25.9 Å². The lowest BCUT2D eigenvalue weighted by Crippen LogP contribution is -2.60. The Kier molecular flexibility index (Phi) is 4.77. The van der Waals surface area contributed by atoms with E-state index in [1.54, 1.807) is 6.20 Å². The maximum atomic E-state index is 14.3. The number of carboxylic acid groups (broad SMARTS) is 1. The molecule has 0 aliphatic carbocycles. The second-order valence-electron chi connectivity index (χ2n) is 9.26. The molecule has 3 N–H and O–H groups in total. The maximum absolute atomic E-state index is 14.3. The second kappa shape index (κ2) is 7.73. The summed E-state index contributed by atoms with van der Waals surface area (Å²) in [5, 5.41) is 14.5. The van der Waals surface area contributed by atoms with Crippen molar-refractivity contribution < 1.29 is 18.7 Å². The highest BCUT2D eigenvalue weighted by Crippen LogP contribution is 2.39. The molecule has 5 heterocycles. The Bertz CT molecular complexity index is 1440. The first-order valence-electron chi connectivity index (χ1n) is 11.4. The zero-order chi connectivity index (χ0) is 23.6. The second-order valence-corrected chi connectivity index (χ2v) is 9.26. The number of piperidine rings is 3. The Morgan fingerprint density at radius 3 is 2.71 bits per heavy atom. The number of nitrogens with zero attached hydrogens (tertiary/aromatic N) is 3. The number of rotatable bonds is 4. The molecular weight excluding hydrogens is 440 g/mol. The lowest BCUT2D eigenvalue weighted by Gasteiger charge is -2.49. The van der Waals surface area contributed by atoms with Gasteiger partial charge in [-0.25, -0.2) is 18.7 Å². The van der Waals surface area contributed by atoms with Gasteiger partial charge in [0.15, 0.2) is 5.82 Å². The van der Waals surface area contributed by atoms with E-state index in [-0.39, 0.29) is 11.4 Å². The van der Waals surface area contributed by atoms with E-state index in [2.05, 4.69) is 15.2 Å².